The number of carbonyl (C=O) groups is 1. The first-order valence-corrected chi connectivity index (χ1v) is 8.42. The Balaban J connectivity index is 2.07. The minimum Gasteiger partial charge on any atom is -0.378 e. The van der Waals surface area contributed by atoms with Crippen molar-refractivity contribution in [3.05, 3.63) is 52.8 Å². The van der Waals surface area contributed by atoms with Gasteiger partial charge in [-0.2, -0.15) is 5.10 Å². The van der Waals surface area contributed by atoms with Crippen molar-refractivity contribution in [1.82, 2.24) is 19.9 Å². The van der Waals surface area contributed by atoms with Crippen LogP contribution in [0, 0.1) is 0 Å². The maximum absolute atomic E-state index is 12.4. The van der Waals surface area contributed by atoms with E-state index in [2.05, 4.69) is 15.4 Å². The van der Waals surface area contributed by atoms with Crippen LogP contribution < -0.4 is 5.32 Å². The molecular weight excluding hydrogens is 340 g/mol. The molecule has 7 heteroatoms. The predicted molar refractivity (Wildman–Crippen MR) is 96.8 cm³/mol. The summed E-state index contributed by atoms with van der Waals surface area (Å²) >= 11 is 5.94. The number of aromatic nitrogens is 3. The standard InChI is InChI=1S/C18H19ClN4O2/c1-3-8-20-18(24)14-10-21-17-9-15(12-4-6-13(19)7-5-12)22-23(17)16(14)11-25-2/h4-7,9-10H,3,8,11H2,1-2H3,(H,20,24). The summed E-state index contributed by atoms with van der Waals surface area (Å²) in [5.74, 6) is -0.174. The molecular formula is C18H19ClN4O2. The Morgan fingerprint density at radius 1 is 1.32 bits per heavy atom. The zero-order valence-electron chi connectivity index (χ0n) is 14.1. The lowest BCUT2D eigenvalue weighted by Gasteiger charge is -2.10. The van der Waals surface area contributed by atoms with Crippen LogP contribution in [-0.2, 0) is 11.3 Å². The number of rotatable bonds is 6. The van der Waals surface area contributed by atoms with Crippen LogP contribution in [0.15, 0.2) is 36.5 Å². The Hall–Kier alpha value is -2.44. The highest BCUT2D eigenvalue weighted by atomic mass is 35.5. The highest BCUT2D eigenvalue weighted by molar-refractivity contribution is 6.30. The van der Waals surface area contributed by atoms with Gasteiger partial charge in [-0.05, 0) is 18.6 Å². The Kier molecular flexibility index (Phi) is 5.31. The van der Waals surface area contributed by atoms with E-state index < -0.39 is 0 Å². The van der Waals surface area contributed by atoms with Crippen LogP contribution in [-0.4, -0.2) is 34.2 Å². The smallest absolute Gasteiger partial charge is 0.254 e. The fourth-order valence-electron chi connectivity index (χ4n) is 2.54. The molecule has 1 N–H and O–H groups in total. The first kappa shape index (κ1) is 17.4. The molecule has 0 fully saturated rings. The van der Waals surface area contributed by atoms with Crippen LogP contribution in [0.5, 0.6) is 0 Å². The van der Waals surface area contributed by atoms with Crippen LogP contribution in [0.4, 0.5) is 0 Å². The summed E-state index contributed by atoms with van der Waals surface area (Å²) in [6, 6.07) is 9.29. The summed E-state index contributed by atoms with van der Waals surface area (Å²) in [7, 11) is 1.59. The number of hydrogen-bond acceptors (Lipinski definition) is 4. The van der Waals surface area contributed by atoms with Gasteiger partial charge in [0.05, 0.1) is 23.6 Å². The topological polar surface area (TPSA) is 68.5 Å². The quantitative estimate of drug-likeness (QED) is 0.733. The van der Waals surface area contributed by atoms with Crippen LogP contribution in [0.3, 0.4) is 0 Å². The third kappa shape index (κ3) is 3.65. The van der Waals surface area contributed by atoms with Gasteiger partial charge in [0.1, 0.15) is 0 Å². The lowest BCUT2D eigenvalue weighted by atomic mass is 10.1. The van der Waals surface area contributed by atoms with Crippen LogP contribution in [0.2, 0.25) is 5.02 Å². The maximum Gasteiger partial charge on any atom is 0.254 e. The van der Waals surface area contributed by atoms with Gasteiger partial charge >= 0.3 is 0 Å². The Bertz CT molecular complexity index is 890. The van der Waals surface area contributed by atoms with Crippen molar-refractivity contribution >= 4 is 23.2 Å². The number of halogens is 1. The van der Waals surface area contributed by atoms with Gasteiger partial charge in [-0.25, -0.2) is 9.50 Å². The van der Waals surface area contributed by atoms with E-state index in [1.165, 1.54) is 0 Å². The van der Waals surface area contributed by atoms with Crippen molar-refractivity contribution in [1.29, 1.82) is 0 Å². The molecule has 0 unspecified atom stereocenters. The second-order valence-electron chi connectivity index (χ2n) is 5.61. The van der Waals surface area contributed by atoms with Crippen molar-refractivity contribution in [2.45, 2.75) is 20.0 Å². The monoisotopic (exact) mass is 358 g/mol. The number of benzene rings is 1. The van der Waals surface area contributed by atoms with E-state index in [1.807, 2.05) is 37.3 Å². The SMILES string of the molecule is CCCNC(=O)c1cnc2cc(-c3ccc(Cl)cc3)nn2c1COC. The van der Waals surface area contributed by atoms with Crippen molar-refractivity contribution in [3.8, 4) is 11.3 Å². The van der Waals surface area contributed by atoms with Crippen LogP contribution in [0.1, 0.15) is 29.4 Å². The average Bonchev–Trinajstić information content (AvgIpc) is 3.05. The van der Waals surface area contributed by atoms with E-state index in [0.717, 1.165) is 17.7 Å². The zero-order chi connectivity index (χ0) is 17.8. The number of hydrogen-bond donors (Lipinski definition) is 1. The van der Waals surface area contributed by atoms with Crippen molar-refractivity contribution in [3.63, 3.8) is 0 Å². The van der Waals surface area contributed by atoms with Crippen molar-refractivity contribution < 1.29 is 9.53 Å². The summed E-state index contributed by atoms with van der Waals surface area (Å²) < 4.78 is 6.94. The zero-order valence-corrected chi connectivity index (χ0v) is 14.9. The number of fused-ring (bicyclic) bond motifs is 1. The van der Waals surface area contributed by atoms with Gasteiger partial charge in [0.15, 0.2) is 5.65 Å². The molecule has 0 saturated carbocycles. The van der Waals surface area contributed by atoms with E-state index in [9.17, 15) is 4.79 Å². The molecule has 0 spiro atoms. The fraction of sp³-hybridized carbons (Fsp3) is 0.278. The van der Waals surface area contributed by atoms with Gasteiger partial charge in [0.2, 0.25) is 0 Å². The van der Waals surface area contributed by atoms with Gasteiger partial charge in [-0.1, -0.05) is 30.7 Å². The van der Waals surface area contributed by atoms with E-state index in [0.29, 0.717) is 28.5 Å². The molecule has 25 heavy (non-hydrogen) atoms. The number of methoxy groups -OCH3 is 1. The van der Waals surface area contributed by atoms with Gasteiger partial charge in [-0.3, -0.25) is 4.79 Å². The molecule has 130 valence electrons. The van der Waals surface area contributed by atoms with Gasteiger partial charge in [0, 0.05) is 36.5 Å². The van der Waals surface area contributed by atoms with Crippen LogP contribution >= 0.6 is 11.6 Å². The second-order valence-corrected chi connectivity index (χ2v) is 6.05. The van der Waals surface area contributed by atoms with E-state index >= 15 is 0 Å². The Labute approximate surface area is 150 Å². The predicted octanol–water partition coefficient (Wildman–Crippen LogP) is 3.34. The van der Waals surface area contributed by atoms with Crippen molar-refractivity contribution in [2.75, 3.05) is 13.7 Å². The molecule has 0 radical (unpaired) electrons. The molecule has 6 nitrogen and oxygen atoms in total. The molecule has 3 aromatic rings. The lowest BCUT2D eigenvalue weighted by molar-refractivity contribution is 0.0946. The van der Waals surface area contributed by atoms with Gasteiger partial charge in [-0.15, -0.1) is 0 Å². The molecule has 2 aromatic heterocycles. The number of ether oxygens (including phenoxy) is 1. The van der Waals surface area contributed by atoms with E-state index in [-0.39, 0.29) is 12.5 Å². The summed E-state index contributed by atoms with van der Waals surface area (Å²) in [5, 5.41) is 8.14. The van der Waals surface area contributed by atoms with E-state index in [1.54, 1.807) is 17.8 Å². The summed E-state index contributed by atoms with van der Waals surface area (Å²) in [4.78, 5) is 16.8. The highest BCUT2D eigenvalue weighted by Crippen LogP contribution is 2.23. The van der Waals surface area contributed by atoms with Gasteiger partial charge in [0.25, 0.3) is 5.91 Å². The first-order valence-electron chi connectivity index (χ1n) is 8.04. The average molecular weight is 359 g/mol. The van der Waals surface area contributed by atoms with Crippen LogP contribution in [0.25, 0.3) is 16.9 Å². The Morgan fingerprint density at radius 2 is 2.08 bits per heavy atom. The highest BCUT2D eigenvalue weighted by Gasteiger charge is 2.17. The third-order valence-corrected chi connectivity index (χ3v) is 4.04. The number of nitrogens with zero attached hydrogens (tertiary/aromatic N) is 3. The minimum atomic E-state index is -0.174. The third-order valence-electron chi connectivity index (χ3n) is 3.78. The number of carbonyl (C=O) groups excluding carboxylic acids is 1. The molecule has 0 bridgehead atoms. The van der Waals surface area contributed by atoms with Crippen molar-refractivity contribution in [2.24, 2.45) is 0 Å². The largest absolute Gasteiger partial charge is 0.378 e. The molecule has 0 saturated heterocycles. The molecule has 1 aromatic carbocycles. The molecule has 1 amide bonds. The lowest BCUT2D eigenvalue weighted by Crippen LogP contribution is -2.26. The number of nitrogens with one attached hydrogen (secondary N) is 1. The molecule has 2 heterocycles. The first-order chi connectivity index (χ1) is 12.1. The second kappa shape index (κ2) is 7.63. The molecule has 0 aliphatic carbocycles. The fourth-order valence-corrected chi connectivity index (χ4v) is 2.67. The summed E-state index contributed by atoms with van der Waals surface area (Å²) in [5.41, 5.74) is 3.47. The molecule has 3 rings (SSSR count). The number of amides is 1. The molecule has 0 aliphatic rings. The van der Waals surface area contributed by atoms with E-state index in [4.69, 9.17) is 16.3 Å². The Morgan fingerprint density at radius 3 is 2.76 bits per heavy atom. The normalized spacial score (nSPS) is 11.0. The molecule has 0 aliphatic heterocycles. The minimum absolute atomic E-state index is 0.174. The summed E-state index contributed by atoms with van der Waals surface area (Å²) in [6.45, 7) is 2.87. The maximum atomic E-state index is 12.4. The molecule has 0 atom stereocenters. The summed E-state index contributed by atoms with van der Waals surface area (Å²) in [6.07, 6.45) is 2.44. The van der Waals surface area contributed by atoms with Gasteiger partial charge < -0.3 is 10.1 Å².